The van der Waals surface area contributed by atoms with E-state index in [0.717, 1.165) is 25.4 Å². The van der Waals surface area contributed by atoms with E-state index in [4.69, 9.17) is 0 Å². The molecule has 1 saturated carbocycles. The summed E-state index contributed by atoms with van der Waals surface area (Å²) in [6.07, 6.45) is 6.26. The van der Waals surface area contributed by atoms with Gasteiger partial charge in [-0.25, -0.2) is 0 Å². The van der Waals surface area contributed by atoms with Crippen LogP contribution >= 0.6 is 0 Å². The Labute approximate surface area is 110 Å². The van der Waals surface area contributed by atoms with Crippen LogP contribution in [0.3, 0.4) is 0 Å². The standard InChI is InChI=1S/C16H23NO/c18-15-10-14-8-4-5-9-16(14)17(12-15)11-13-6-2-1-3-7-13/h1-3,6-7,14-16,18H,4-5,8-12H2/t14-,15+,16-/m0/s1. The quantitative estimate of drug-likeness (QED) is 0.866. The number of hydrogen-bond donors (Lipinski definition) is 1. The Hall–Kier alpha value is -0.860. The van der Waals surface area contributed by atoms with E-state index in [1.165, 1.54) is 31.2 Å². The number of likely N-dealkylation sites (tertiary alicyclic amines) is 1. The summed E-state index contributed by atoms with van der Waals surface area (Å²) in [5.74, 6) is 0.728. The van der Waals surface area contributed by atoms with Gasteiger partial charge in [0.1, 0.15) is 0 Å². The second kappa shape index (κ2) is 5.41. The van der Waals surface area contributed by atoms with Crippen LogP contribution in [0, 0.1) is 5.92 Å². The van der Waals surface area contributed by atoms with Gasteiger partial charge >= 0.3 is 0 Å². The van der Waals surface area contributed by atoms with Crippen molar-refractivity contribution in [3.05, 3.63) is 35.9 Å². The highest BCUT2D eigenvalue weighted by Crippen LogP contribution is 2.36. The van der Waals surface area contributed by atoms with Crippen molar-refractivity contribution in [3.8, 4) is 0 Å². The van der Waals surface area contributed by atoms with Crippen LogP contribution in [0.15, 0.2) is 30.3 Å². The molecule has 1 aliphatic carbocycles. The van der Waals surface area contributed by atoms with Gasteiger partial charge in [-0.2, -0.15) is 0 Å². The molecular formula is C16H23NO. The van der Waals surface area contributed by atoms with Gasteiger partial charge in [0.2, 0.25) is 0 Å². The number of aliphatic hydroxyl groups is 1. The second-order valence-electron chi connectivity index (χ2n) is 5.92. The molecule has 18 heavy (non-hydrogen) atoms. The van der Waals surface area contributed by atoms with Crippen LogP contribution in [0.5, 0.6) is 0 Å². The molecule has 0 spiro atoms. The summed E-state index contributed by atoms with van der Waals surface area (Å²) in [5, 5.41) is 10.1. The van der Waals surface area contributed by atoms with E-state index in [2.05, 4.69) is 35.2 Å². The van der Waals surface area contributed by atoms with Gasteiger partial charge in [0, 0.05) is 19.1 Å². The molecule has 1 saturated heterocycles. The molecule has 3 atom stereocenters. The topological polar surface area (TPSA) is 23.5 Å². The lowest BCUT2D eigenvalue weighted by Crippen LogP contribution is -2.51. The molecule has 0 unspecified atom stereocenters. The van der Waals surface area contributed by atoms with Crippen molar-refractivity contribution < 1.29 is 5.11 Å². The van der Waals surface area contributed by atoms with Gasteiger partial charge in [0.05, 0.1) is 6.10 Å². The highest BCUT2D eigenvalue weighted by Gasteiger charge is 2.36. The van der Waals surface area contributed by atoms with Crippen molar-refractivity contribution in [1.82, 2.24) is 4.90 Å². The van der Waals surface area contributed by atoms with E-state index in [0.29, 0.717) is 6.04 Å². The minimum absolute atomic E-state index is 0.118. The minimum Gasteiger partial charge on any atom is -0.392 e. The van der Waals surface area contributed by atoms with Gasteiger partial charge in [0.25, 0.3) is 0 Å². The Morgan fingerprint density at radius 1 is 1.11 bits per heavy atom. The molecule has 0 bridgehead atoms. The summed E-state index contributed by atoms with van der Waals surface area (Å²) in [5.41, 5.74) is 1.37. The summed E-state index contributed by atoms with van der Waals surface area (Å²) >= 11 is 0. The third kappa shape index (κ3) is 2.60. The molecule has 98 valence electrons. The van der Waals surface area contributed by atoms with Gasteiger partial charge in [-0.05, 0) is 30.7 Å². The second-order valence-corrected chi connectivity index (χ2v) is 5.92. The van der Waals surface area contributed by atoms with Crippen LogP contribution in [-0.2, 0) is 6.54 Å². The molecule has 1 heterocycles. The predicted molar refractivity (Wildman–Crippen MR) is 73.2 cm³/mol. The fourth-order valence-corrected chi connectivity index (χ4v) is 3.77. The average Bonchev–Trinajstić information content (AvgIpc) is 2.40. The fraction of sp³-hybridized carbons (Fsp3) is 0.625. The molecule has 0 aromatic heterocycles. The van der Waals surface area contributed by atoms with Gasteiger partial charge in [0.15, 0.2) is 0 Å². The summed E-state index contributed by atoms with van der Waals surface area (Å²) in [7, 11) is 0. The van der Waals surface area contributed by atoms with E-state index in [1.54, 1.807) is 0 Å². The van der Waals surface area contributed by atoms with Crippen LogP contribution < -0.4 is 0 Å². The first-order valence-corrected chi connectivity index (χ1v) is 7.29. The lowest BCUT2D eigenvalue weighted by molar-refractivity contribution is -0.0230. The molecule has 2 nitrogen and oxygen atoms in total. The summed E-state index contributed by atoms with van der Waals surface area (Å²) in [6.45, 7) is 1.86. The molecule has 2 fully saturated rings. The average molecular weight is 245 g/mol. The number of β-amino-alcohol motifs (C(OH)–C–C–N with tert-alkyl or cyclic N) is 1. The van der Waals surface area contributed by atoms with Gasteiger partial charge in [-0.3, -0.25) is 4.90 Å². The van der Waals surface area contributed by atoms with Crippen molar-refractivity contribution in [2.45, 2.75) is 50.8 Å². The molecular weight excluding hydrogens is 222 g/mol. The number of fused-ring (bicyclic) bond motifs is 1. The zero-order valence-corrected chi connectivity index (χ0v) is 11.0. The number of piperidine rings is 1. The number of aliphatic hydroxyl groups excluding tert-OH is 1. The highest BCUT2D eigenvalue weighted by atomic mass is 16.3. The smallest absolute Gasteiger partial charge is 0.0670 e. The first-order chi connectivity index (χ1) is 8.83. The van der Waals surface area contributed by atoms with E-state index >= 15 is 0 Å². The largest absolute Gasteiger partial charge is 0.392 e. The monoisotopic (exact) mass is 245 g/mol. The third-order valence-corrected chi connectivity index (χ3v) is 4.59. The number of nitrogens with zero attached hydrogens (tertiary/aromatic N) is 1. The Morgan fingerprint density at radius 2 is 1.89 bits per heavy atom. The summed E-state index contributed by atoms with van der Waals surface area (Å²) in [4.78, 5) is 2.52. The van der Waals surface area contributed by atoms with Crippen molar-refractivity contribution in [1.29, 1.82) is 0 Å². The van der Waals surface area contributed by atoms with Crippen LogP contribution in [0.2, 0.25) is 0 Å². The summed E-state index contributed by atoms with van der Waals surface area (Å²) in [6, 6.07) is 11.4. The van der Waals surface area contributed by atoms with Crippen LogP contribution in [0.25, 0.3) is 0 Å². The Kier molecular flexibility index (Phi) is 3.67. The Balaban J connectivity index is 1.72. The van der Waals surface area contributed by atoms with Crippen molar-refractivity contribution in [2.75, 3.05) is 6.54 Å². The maximum Gasteiger partial charge on any atom is 0.0670 e. The molecule has 1 aromatic carbocycles. The van der Waals surface area contributed by atoms with Crippen molar-refractivity contribution >= 4 is 0 Å². The van der Waals surface area contributed by atoms with Crippen LogP contribution in [-0.4, -0.2) is 28.7 Å². The number of hydrogen-bond acceptors (Lipinski definition) is 2. The number of rotatable bonds is 2. The van der Waals surface area contributed by atoms with E-state index < -0.39 is 0 Å². The fourth-order valence-electron chi connectivity index (χ4n) is 3.77. The Morgan fingerprint density at radius 3 is 2.72 bits per heavy atom. The first kappa shape index (κ1) is 12.2. The molecule has 0 amide bonds. The van der Waals surface area contributed by atoms with E-state index in [9.17, 15) is 5.11 Å². The predicted octanol–water partition coefficient (Wildman–Crippen LogP) is 2.81. The van der Waals surface area contributed by atoms with Crippen molar-refractivity contribution in [3.63, 3.8) is 0 Å². The molecule has 1 N–H and O–H groups in total. The number of benzene rings is 1. The molecule has 2 aliphatic rings. The van der Waals surface area contributed by atoms with E-state index in [1.807, 2.05) is 0 Å². The zero-order chi connectivity index (χ0) is 12.4. The van der Waals surface area contributed by atoms with Gasteiger partial charge in [-0.15, -0.1) is 0 Å². The summed E-state index contributed by atoms with van der Waals surface area (Å²) < 4.78 is 0. The highest BCUT2D eigenvalue weighted by molar-refractivity contribution is 5.15. The lowest BCUT2D eigenvalue weighted by atomic mass is 9.77. The molecule has 1 aromatic rings. The third-order valence-electron chi connectivity index (χ3n) is 4.59. The SMILES string of the molecule is O[C@@H]1C[C@@H]2CCCC[C@@H]2N(Cc2ccccc2)C1. The van der Waals surface area contributed by atoms with Crippen LogP contribution in [0.1, 0.15) is 37.7 Å². The van der Waals surface area contributed by atoms with Crippen molar-refractivity contribution in [2.24, 2.45) is 5.92 Å². The molecule has 1 aliphatic heterocycles. The maximum atomic E-state index is 10.1. The molecule has 2 heteroatoms. The van der Waals surface area contributed by atoms with Gasteiger partial charge < -0.3 is 5.11 Å². The minimum atomic E-state index is -0.118. The molecule has 3 rings (SSSR count). The lowest BCUT2D eigenvalue weighted by Gasteiger charge is -2.46. The first-order valence-electron chi connectivity index (χ1n) is 7.29. The maximum absolute atomic E-state index is 10.1. The van der Waals surface area contributed by atoms with Gasteiger partial charge in [-0.1, -0.05) is 43.2 Å². The van der Waals surface area contributed by atoms with E-state index in [-0.39, 0.29) is 6.10 Å². The zero-order valence-electron chi connectivity index (χ0n) is 11.0. The molecule has 0 radical (unpaired) electrons. The Bertz CT molecular complexity index is 378. The normalized spacial score (nSPS) is 33.1. The van der Waals surface area contributed by atoms with Crippen LogP contribution in [0.4, 0.5) is 0 Å².